The maximum absolute atomic E-state index is 12.9. The number of rotatable bonds is 6. The van der Waals surface area contributed by atoms with E-state index in [0.29, 0.717) is 5.92 Å². The van der Waals surface area contributed by atoms with Crippen molar-refractivity contribution in [3.8, 4) is 5.75 Å². The molecule has 1 aromatic carbocycles. The third kappa shape index (κ3) is 4.76. The van der Waals surface area contributed by atoms with Gasteiger partial charge in [0.1, 0.15) is 5.75 Å². The first-order valence-corrected chi connectivity index (χ1v) is 9.54. The van der Waals surface area contributed by atoms with Crippen LogP contribution in [0.1, 0.15) is 38.3 Å². The van der Waals surface area contributed by atoms with Crippen LogP contribution in [0.2, 0.25) is 0 Å². The Hall–Kier alpha value is -2.63. The number of piperidine rings is 1. The molecule has 0 saturated carbocycles. The number of nitrogens with one attached hydrogen (secondary N) is 1. The topological polar surface area (TPSA) is 67.3 Å². The van der Waals surface area contributed by atoms with E-state index in [2.05, 4.69) is 34.0 Å². The Bertz CT molecular complexity index is 726. The Morgan fingerprint density at radius 2 is 1.78 bits per heavy atom. The van der Waals surface area contributed by atoms with Crippen LogP contribution in [0, 0.1) is 11.8 Å². The summed E-state index contributed by atoms with van der Waals surface area (Å²) in [6, 6.07) is 9.75. The smallest absolute Gasteiger partial charge is 0.225 e. The van der Waals surface area contributed by atoms with Crippen LogP contribution in [0.4, 0.5) is 5.95 Å². The van der Waals surface area contributed by atoms with Crippen molar-refractivity contribution >= 4 is 11.9 Å². The number of anilines is 1. The summed E-state index contributed by atoms with van der Waals surface area (Å²) >= 11 is 0. The van der Waals surface area contributed by atoms with Crippen LogP contribution in [0.3, 0.4) is 0 Å². The third-order valence-corrected chi connectivity index (χ3v) is 5.14. The quantitative estimate of drug-likeness (QED) is 0.848. The van der Waals surface area contributed by atoms with Gasteiger partial charge in [-0.05, 0) is 42.5 Å². The molecule has 6 heteroatoms. The molecule has 2 aromatic rings. The fourth-order valence-electron chi connectivity index (χ4n) is 3.51. The highest BCUT2D eigenvalue weighted by atomic mass is 16.5. The summed E-state index contributed by atoms with van der Waals surface area (Å²) in [5, 5.41) is 3.27. The molecule has 2 heterocycles. The lowest BCUT2D eigenvalue weighted by Crippen LogP contribution is -2.43. The highest BCUT2D eigenvalue weighted by Crippen LogP contribution is 2.26. The molecule has 1 aliphatic rings. The largest absolute Gasteiger partial charge is 0.497 e. The lowest BCUT2D eigenvalue weighted by Gasteiger charge is -2.32. The number of carbonyl (C=O) groups excluding carboxylic acids is 1. The minimum Gasteiger partial charge on any atom is -0.497 e. The van der Waals surface area contributed by atoms with Gasteiger partial charge in [-0.1, -0.05) is 26.0 Å². The molecular weight excluding hydrogens is 340 g/mol. The lowest BCUT2D eigenvalue weighted by atomic mass is 9.92. The first-order chi connectivity index (χ1) is 13.1. The van der Waals surface area contributed by atoms with Crippen molar-refractivity contribution in [3.63, 3.8) is 0 Å². The van der Waals surface area contributed by atoms with Crippen LogP contribution in [0.25, 0.3) is 0 Å². The van der Waals surface area contributed by atoms with Crippen molar-refractivity contribution in [1.29, 1.82) is 0 Å². The SMILES string of the molecule is COc1ccc([C@@H](NC(=O)C2CCN(c3ncccn3)CC2)C(C)C)cc1. The van der Waals surface area contributed by atoms with Crippen LogP contribution in [-0.2, 0) is 4.79 Å². The van der Waals surface area contributed by atoms with Gasteiger partial charge < -0.3 is 15.0 Å². The van der Waals surface area contributed by atoms with E-state index < -0.39 is 0 Å². The maximum Gasteiger partial charge on any atom is 0.225 e. The molecule has 1 N–H and O–H groups in total. The number of nitrogens with zero attached hydrogens (tertiary/aromatic N) is 3. The summed E-state index contributed by atoms with van der Waals surface area (Å²) in [6.07, 6.45) is 5.14. The molecule has 1 atom stereocenters. The maximum atomic E-state index is 12.9. The second-order valence-corrected chi connectivity index (χ2v) is 7.31. The summed E-state index contributed by atoms with van der Waals surface area (Å²) in [7, 11) is 1.66. The van der Waals surface area contributed by atoms with Crippen molar-refractivity contribution < 1.29 is 9.53 Å². The second kappa shape index (κ2) is 8.84. The summed E-state index contributed by atoms with van der Waals surface area (Å²) in [5.41, 5.74) is 1.11. The summed E-state index contributed by atoms with van der Waals surface area (Å²) in [6.45, 7) is 5.86. The Morgan fingerprint density at radius 3 is 2.33 bits per heavy atom. The zero-order chi connectivity index (χ0) is 19.2. The number of aromatic nitrogens is 2. The predicted octanol–water partition coefficient (Wildman–Crippen LogP) is 3.22. The van der Waals surface area contributed by atoms with Gasteiger partial charge in [0.25, 0.3) is 0 Å². The Labute approximate surface area is 161 Å². The van der Waals surface area contributed by atoms with Gasteiger partial charge in [0.2, 0.25) is 11.9 Å². The molecule has 1 aromatic heterocycles. The van der Waals surface area contributed by atoms with Gasteiger partial charge in [-0.15, -0.1) is 0 Å². The number of benzene rings is 1. The van der Waals surface area contributed by atoms with Gasteiger partial charge in [0, 0.05) is 31.4 Å². The van der Waals surface area contributed by atoms with Gasteiger partial charge >= 0.3 is 0 Å². The Morgan fingerprint density at radius 1 is 1.15 bits per heavy atom. The van der Waals surface area contributed by atoms with Gasteiger partial charge in [0.15, 0.2) is 0 Å². The summed E-state index contributed by atoms with van der Waals surface area (Å²) in [5.74, 6) is 2.04. The average Bonchev–Trinajstić information content (AvgIpc) is 2.72. The minimum absolute atomic E-state index is 0.00103. The standard InChI is InChI=1S/C21H28N4O2/c1-15(2)19(16-5-7-18(27-3)8-6-16)24-20(26)17-9-13-25(14-10-17)21-22-11-4-12-23-21/h4-8,11-12,15,17,19H,9-10,13-14H2,1-3H3,(H,24,26)/t19-/m0/s1. The van der Waals surface area contributed by atoms with Gasteiger partial charge in [0.05, 0.1) is 13.2 Å². The van der Waals surface area contributed by atoms with E-state index in [1.54, 1.807) is 19.5 Å². The number of amides is 1. The number of hydrogen-bond donors (Lipinski definition) is 1. The molecule has 0 aliphatic carbocycles. The molecule has 27 heavy (non-hydrogen) atoms. The van der Waals surface area contributed by atoms with Gasteiger partial charge in [-0.3, -0.25) is 4.79 Å². The molecule has 0 spiro atoms. The lowest BCUT2D eigenvalue weighted by molar-refractivity contribution is -0.126. The van der Waals surface area contributed by atoms with Crippen LogP contribution < -0.4 is 15.0 Å². The zero-order valence-electron chi connectivity index (χ0n) is 16.3. The molecule has 0 unspecified atom stereocenters. The normalized spacial score (nSPS) is 16.2. The van der Waals surface area contributed by atoms with E-state index in [-0.39, 0.29) is 17.9 Å². The van der Waals surface area contributed by atoms with E-state index in [9.17, 15) is 4.79 Å². The van der Waals surface area contributed by atoms with E-state index in [0.717, 1.165) is 43.2 Å². The van der Waals surface area contributed by atoms with Crippen molar-refractivity contribution in [2.45, 2.75) is 32.7 Å². The highest BCUT2D eigenvalue weighted by molar-refractivity contribution is 5.79. The Kier molecular flexibility index (Phi) is 6.27. The van der Waals surface area contributed by atoms with Gasteiger partial charge in [-0.25, -0.2) is 9.97 Å². The van der Waals surface area contributed by atoms with Crippen molar-refractivity contribution in [3.05, 3.63) is 48.3 Å². The zero-order valence-corrected chi connectivity index (χ0v) is 16.3. The minimum atomic E-state index is -0.00103. The van der Waals surface area contributed by atoms with E-state index in [4.69, 9.17) is 4.74 Å². The predicted molar refractivity (Wildman–Crippen MR) is 106 cm³/mol. The first-order valence-electron chi connectivity index (χ1n) is 9.54. The molecule has 3 rings (SSSR count). The number of carbonyl (C=O) groups is 1. The molecule has 1 fully saturated rings. The van der Waals surface area contributed by atoms with E-state index in [1.807, 2.05) is 30.3 Å². The second-order valence-electron chi connectivity index (χ2n) is 7.31. The molecule has 0 radical (unpaired) electrons. The van der Waals surface area contributed by atoms with Crippen LogP contribution in [0.15, 0.2) is 42.7 Å². The Balaban J connectivity index is 1.59. The fraction of sp³-hybridized carbons (Fsp3) is 0.476. The highest BCUT2D eigenvalue weighted by Gasteiger charge is 2.28. The average molecular weight is 368 g/mol. The molecule has 6 nitrogen and oxygen atoms in total. The number of ether oxygens (including phenoxy) is 1. The van der Waals surface area contributed by atoms with Crippen LogP contribution in [0.5, 0.6) is 5.75 Å². The first kappa shape index (κ1) is 19.1. The van der Waals surface area contributed by atoms with Crippen LogP contribution in [-0.4, -0.2) is 36.1 Å². The number of methoxy groups -OCH3 is 1. The molecule has 144 valence electrons. The van der Waals surface area contributed by atoms with Crippen LogP contribution >= 0.6 is 0 Å². The van der Waals surface area contributed by atoms with Crippen molar-refractivity contribution in [1.82, 2.24) is 15.3 Å². The summed E-state index contributed by atoms with van der Waals surface area (Å²) < 4.78 is 5.23. The third-order valence-electron chi connectivity index (χ3n) is 5.14. The molecule has 1 aliphatic heterocycles. The number of hydrogen-bond acceptors (Lipinski definition) is 5. The molecule has 1 amide bonds. The van der Waals surface area contributed by atoms with Crippen molar-refractivity contribution in [2.75, 3.05) is 25.1 Å². The van der Waals surface area contributed by atoms with E-state index >= 15 is 0 Å². The van der Waals surface area contributed by atoms with Gasteiger partial charge in [-0.2, -0.15) is 0 Å². The monoisotopic (exact) mass is 368 g/mol. The molecule has 1 saturated heterocycles. The summed E-state index contributed by atoms with van der Waals surface area (Å²) in [4.78, 5) is 23.6. The van der Waals surface area contributed by atoms with E-state index in [1.165, 1.54) is 0 Å². The molecule has 0 bridgehead atoms. The van der Waals surface area contributed by atoms with Crippen molar-refractivity contribution in [2.24, 2.45) is 11.8 Å². The molecular formula is C21H28N4O2. The fourth-order valence-corrected chi connectivity index (χ4v) is 3.51.